The summed E-state index contributed by atoms with van der Waals surface area (Å²) in [4.78, 5) is 46.2. The summed E-state index contributed by atoms with van der Waals surface area (Å²) in [7, 11) is 0. The maximum atomic E-state index is 12.7. The number of nitrogens with zero attached hydrogens (tertiary/aromatic N) is 3. The zero-order valence-electron chi connectivity index (χ0n) is 19.9. The van der Waals surface area contributed by atoms with Gasteiger partial charge in [0.25, 0.3) is 11.6 Å². The van der Waals surface area contributed by atoms with Gasteiger partial charge in [-0.2, -0.15) is 0 Å². The summed E-state index contributed by atoms with van der Waals surface area (Å²) in [5.41, 5.74) is 2.09. The van der Waals surface area contributed by atoms with Crippen molar-refractivity contribution < 1.29 is 19.2 Å². The molecule has 5 rings (SSSR count). The molecule has 1 saturated heterocycles. The molecule has 0 spiro atoms. The van der Waals surface area contributed by atoms with Crippen LogP contribution in [0, 0.1) is 28.9 Å². The molecule has 0 radical (unpaired) electrons. The fourth-order valence-corrected chi connectivity index (χ4v) is 6.18. The van der Waals surface area contributed by atoms with Gasteiger partial charge in [0.15, 0.2) is 5.13 Å². The minimum Gasteiger partial charge on any atom is -0.462 e. The van der Waals surface area contributed by atoms with Crippen molar-refractivity contribution in [1.82, 2.24) is 15.3 Å². The number of nitro benzene ring substituents is 1. The minimum atomic E-state index is -0.460. The van der Waals surface area contributed by atoms with Crippen LogP contribution in [0.5, 0.6) is 0 Å². The van der Waals surface area contributed by atoms with Gasteiger partial charge in [0, 0.05) is 55.2 Å². The Bertz CT molecular complexity index is 1390. The average Bonchev–Trinajstić information content (AvgIpc) is 3.22. The van der Waals surface area contributed by atoms with Gasteiger partial charge in [0.2, 0.25) is 0 Å². The molecule has 2 aliphatic rings. The summed E-state index contributed by atoms with van der Waals surface area (Å²) in [6.45, 7) is 5.08. The highest BCUT2D eigenvalue weighted by Crippen LogP contribution is 2.48. The zero-order valence-corrected chi connectivity index (χ0v) is 22.2. The van der Waals surface area contributed by atoms with Gasteiger partial charge < -0.3 is 19.9 Å². The number of esters is 1. The molecular weight excluding hydrogens is 541 g/mol. The number of piperidine rings is 1. The Morgan fingerprint density at radius 2 is 2.03 bits per heavy atom. The first-order chi connectivity index (χ1) is 17.7. The van der Waals surface area contributed by atoms with E-state index in [-0.39, 0.29) is 53.2 Å². The van der Waals surface area contributed by atoms with E-state index in [4.69, 9.17) is 32.9 Å². The molecule has 194 valence electrons. The molecule has 3 atom stereocenters. The highest BCUT2D eigenvalue weighted by atomic mass is 35.5. The number of benzene rings is 1. The monoisotopic (exact) mass is 563 g/mol. The van der Waals surface area contributed by atoms with E-state index >= 15 is 0 Å². The maximum Gasteiger partial charge on any atom is 0.350 e. The lowest BCUT2D eigenvalue weighted by Crippen LogP contribution is -2.34. The van der Waals surface area contributed by atoms with E-state index in [0.717, 1.165) is 0 Å². The van der Waals surface area contributed by atoms with Gasteiger partial charge in [-0.15, -0.1) is 0 Å². The van der Waals surface area contributed by atoms with Crippen LogP contribution in [0.3, 0.4) is 0 Å². The largest absolute Gasteiger partial charge is 0.462 e. The number of amides is 1. The Morgan fingerprint density at radius 1 is 1.30 bits per heavy atom. The van der Waals surface area contributed by atoms with Crippen LogP contribution in [0.1, 0.15) is 44.0 Å². The number of rotatable bonds is 8. The second kappa shape index (κ2) is 9.96. The second-order valence-electron chi connectivity index (χ2n) is 9.08. The number of thiazole rings is 1. The summed E-state index contributed by atoms with van der Waals surface area (Å²) in [6, 6.07) is 6.31. The number of carbonyl (C=O) groups is 2. The van der Waals surface area contributed by atoms with Crippen molar-refractivity contribution in [3.63, 3.8) is 0 Å². The molecule has 1 amide bonds. The van der Waals surface area contributed by atoms with Crippen molar-refractivity contribution in [2.45, 2.75) is 26.3 Å². The van der Waals surface area contributed by atoms with Gasteiger partial charge in [-0.05, 0) is 19.4 Å². The van der Waals surface area contributed by atoms with Gasteiger partial charge in [0.1, 0.15) is 10.6 Å². The average molecular weight is 564 g/mol. The Balaban J connectivity index is 1.28. The second-order valence-corrected chi connectivity index (χ2v) is 10.8. The number of halogens is 2. The number of fused-ring (bicyclic) bond motifs is 1. The van der Waals surface area contributed by atoms with E-state index in [1.165, 1.54) is 23.5 Å². The molecule has 0 bridgehead atoms. The van der Waals surface area contributed by atoms with Crippen LogP contribution in [-0.2, 0) is 11.2 Å². The fourth-order valence-electron chi connectivity index (χ4n) is 4.77. The predicted molar refractivity (Wildman–Crippen MR) is 140 cm³/mol. The van der Waals surface area contributed by atoms with Gasteiger partial charge in [-0.3, -0.25) is 14.9 Å². The SMILES string of the molecule is CCOC(=O)c1sc(N2C[C@@H]3[C@H](C2)[C@@H]3NC(=O)c2[nH]c(C)c(Cl)c2Cl)nc1Cc1cccc([N+](=O)[O-])c1. The fraction of sp³-hybridized carbons (Fsp3) is 0.375. The Morgan fingerprint density at radius 3 is 2.65 bits per heavy atom. The number of carbonyl (C=O) groups excluding carboxylic acids is 2. The lowest BCUT2D eigenvalue weighted by molar-refractivity contribution is -0.384. The van der Waals surface area contributed by atoms with Crippen LogP contribution in [0.15, 0.2) is 24.3 Å². The van der Waals surface area contributed by atoms with Crippen LogP contribution >= 0.6 is 34.5 Å². The van der Waals surface area contributed by atoms with E-state index in [2.05, 4.69) is 15.2 Å². The van der Waals surface area contributed by atoms with Crippen molar-refractivity contribution in [2.24, 2.45) is 11.8 Å². The van der Waals surface area contributed by atoms with Crippen molar-refractivity contribution in [2.75, 3.05) is 24.6 Å². The quantitative estimate of drug-likeness (QED) is 0.232. The number of hydrogen-bond acceptors (Lipinski definition) is 8. The first-order valence-corrected chi connectivity index (χ1v) is 13.2. The van der Waals surface area contributed by atoms with Crippen molar-refractivity contribution in [3.8, 4) is 0 Å². The molecule has 1 aliphatic carbocycles. The highest BCUT2D eigenvalue weighted by Gasteiger charge is 2.57. The maximum absolute atomic E-state index is 12.7. The number of nitro groups is 1. The molecule has 3 aromatic rings. The summed E-state index contributed by atoms with van der Waals surface area (Å²) >= 11 is 13.5. The number of nitrogens with one attached hydrogen (secondary N) is 2. The summed E-state index contributed by atoms with van der Waals surface area (Å²) in [5.74, 6) is -0.240. The first kappa shape index (κ1) is 25.5. The molecule has 3 heterocycles. The highest BCUT2D eigenvalue weighted by molar-refractivity contribution is 7.17. The van der Waals surface area contributed by atoms with E-state index in [0.29, 0.717) is 45.1 Å². The minimum absolute atomic E-state index is 0.0172. The van der Waals surface area contributed by atoms with Crippen LogP contribution in [0.25, 0.3) is 0 Å². The molecule has 1 aliphatic heterocycles. The number of anilines is 1. The van der Waals surface area contributed by atoms with Gasteiger partial charge >= 0.3 is 5.97 Å². The van der Waals surface area contributed by atoms with Gasteiger partial charge in [-0.25, -0.2) is 9.78 Å². The zero-order chi connectivity index (χ0) is 26.4. The van der Waals surface area contributed by atoms with Crippen LogP contribution in [0.4, 0.5) is 10.8 Å². The number of hydrogen-bond donors (Lipinski definition) is 2. The van der Waals surface area contributed by atoms with Gasteiger partial charge in [0.05, 0.1) is 27.3 Å². The Hall–Kier alpha value is -3.15. The summed E-state index contributed by atoms with van der Waals surface area (Å²) in [5, 5.41) is 15.4. The number of aromatic amines is 1. The Labute approximate surface area is 226 Å². The molecule has 37 heavy (non-hydrogen) atoms. The van der Waals surface area contributed by atoms with E-state index in [1.54, 1.807) is 26.0 Å². The van der Waals surface area contributed by atoms with Crippen LogP contribution < -0.4 is 10.2 Å². The summed E-state index contributed by atoms with van der Waals surface area (Å²) < 4.78 is 5.23. The molecular formula is C24H23Cl2N5O5S. The van der Waals surface area contributed by atoms with E-state index in [9.17, 15) is 19.7 Å². The number of aromatic nitrogens is 2. The number of aryl methyl sites for hydroxylation is 1. The van der Waals surface area contributed by atoms with Crippen LogP contribution in [0.2, 0.25) is 10.0 Å². The number of non-ortho nitro benzene ring substituents is 1. The topological polar surface area (TPSA) is 130 Å². The standard InChI is InChI=1S/C24H23Cl2N5O5S/c1-3-36-23(33)21-16(8-12-5-4-6-13(7-12)31(34)35)28-24(37-21)30-9-14-15(10-30)19(14)29-22(32)20-18(26)17(25)11(2)27-20/h4-7,14-15,19,27H,3,8-10H2,1-2H3,(H,29,32)/t14-,15+,19-. The first-order valence-electron chi connectivity index (χ1n) is 11.7. The van der Waals surface area contributed by atoms with Crippen molar-refractivity contribution in [1.29, 1.82) is 0 Å². The third kappa shape index (κ3) is 4.90. The molecule has 2 N–H and O–H groups in total. The van der Waals surface area contributed by atoms with Crippen molar-refractivity contribution in [3.05, 3.63) is 71.9 Å². The normalized spacial score (nSPS) is 20.0. The predicted octanol–water partition coefficient (Wildman–Crippen LogP) is 4.63. The molecule has 0 unspecified atom stereocenters. The lowest BCUT2D eigenvalue weighted by Gasteiger charge is -2.19. The van der Waals surface area contributed by atoms with Crippen LogP contribution in [-0.4, -0.2) is 52.5 Å². The molecule has 2 aromatic heterocycles. The Kier molecular flexibility index (Phi) is 6.86. The van der Waals surface area contributed by atoms with E-state index in [1.807, 2.05) is 0 Å². The molecule has 2 fully saturated rings. The van der Waals surface area contributed by atoms with E-state index < -0.39 is 10.9 Å². The number of H-pyrrole nitrogens is 1. The number of ether oxygens (including phenoxy) is 1. The summed E-state index contributed by atoms with van der Waals surface area (Å²) in [6.07, 6.45) is 0.268. The van der Waals surface area contributed by atoms with Gasteiger partial charge in [-0.1, -0.05) is 46.7 Å². The molecule has 1 aromatic carbocycles. The molecule has 13 heteroatoms. The third-order valence-electron chi connectivity index (χ3n) is 6.68. The lowest BCUT2D eigenvalue weighted by atomic mass is 10.1. The smallest absolute Gasteiger partial charge is 0.350 e. The third-order valence-corrected chi connectivity index (χ3v) is 8.77. The molecule has 1 saturated carbocycles. The molecule has 10 nitrogen and oxygen atoms in total. The van der Waals surface area contributed by atoms with Crippen molar-refractivity contribution >= 4 is 57.2 Å².